The number of rotatable bonds is 3. The monoisotopic (exact) mass is 387 g/mol. The van der Waals surface area contributed by atoms with Gasteiger partial charge in [-0.2, -0.15) is 0 Å². The summed E-state index contributed by atoms with van der Waals surface area (Å²) >= 11 is 0. The van der Waals surface area contributed by atoms with Crippen molar-refractivity contribution in [1.29, 1.82) is 0 Å². The minimum atomic E-state index is -0.688. The maximum Gasteiger partial charge on any atom is 0.335 e. The fourth-order valence-corrected chi connectivity index (χ4v) is 3.51. The standard InChI is InChI=1S/C23H21N3O3/c1-4-15-6-8-16(9-7-15)26-22(28)19(21(27)25-23(26)29)12-17-14(3)24-20-10-5-13(2)11-18(17)20/h5-12,28H,4H2,1-3H3,(H,25,27,29)/b17-12-. The van der Waals surface area contributed by atoms with Crippen molar-refractivity contribution in [3.8, 4) is 11.6 Å². The molecular weight excluding hydrogens is 366 g/mol. The van der Waals surface area contributed by atoms with Crippen LogP contribution >= 0.6 is 0 Å². The third kappa shape index (κ3) is 3.23. The van der Waals surface area contributed by atoms with Crippen LogP contribution in [0.25, 0.3) is 17.3 Å². The number of allylic oxidation sites excluding steroid dienone is 1. The van der Waals surface area contributed by atoms with Crippen LogP contribution < -0.4 is 11.2 Å². The number of benzene rings is 2. The van der Waals surface area contributed by atoms with Crippen molar-refractivity contribution in [2.24, 2.45) is 4.99 Å². The van der Waals surface area contributed by atoms with Crippen LogP contribution in [-0.4, -0.2) is 20.4 Å². The number of hydrogen-bond acceptors (Lipinski definition) is 4. The molecule has 2 aromatic carbocycles. The van der Waals surface area contributed by atoms with E-state index in [1.807, 2.05) is 51.1 Å². The maximum atomic E-state index is 12.5. The van der Waals surface area contributed by atoms with Crippen molar-refractivity contribution in [2.75, 3.05) is 0 Å². The molecule has 4 rings (SSSR count). The smallest absolute Gasteiger partial charge is 0.335 e. The third-order valence-electron chi connectivity index (χ3n) is 5.13. The lowest BCUT2D eigenvalue weighted by Crippen LogP contribution is -2.30. The number of aromatic nitrogens is 2. The van der Waals surface area contributed by atoms with Gasteiger partial charge in [0.05, 0.1) is 11.4 Å². The molecule has 146 valence electrons. The second-order valence-corrected chi connectivity index (χ2v) is 7.13. The SMILES string of the molecule is CCc1ccc(-n2c(O)c(/C=C3/C(C)=Nc4ccc(C)cc43)c(=O)[nH]c2=O)cc1. The Morgan fingerprint density at radius 2 is 1.83 bits per heavy atom. The lowest BCUT2D eigenvalue weighted by molar-refractivity contribution is 0.429. The Bertz CT molecular complexity index is 1290. The molecule has 29 heavy (non-hydrogen) atoms. The molecule has 2 heterocycles. The van der Waals surface area contributed by atoms with Crippen LogP contribution in [0.15, 0.2) is 57.0 Å². The maximum absolute atomic E-state index is 12.5. The zero-order valence-electron chi connectivity index (χ0n) is 16.5. The first kappa shape index (κ1) is 18.7. The number of aliphatic imine (C=N–C) groups is 1. The summed E-state index contributed by atoms with van der Waals surface area (Å²) in [5.74, 6) is -0.399. The second-order valence-electron chi connectivity index (χ2n) is 7.13. The summed E-state index contributed by atoms with van der Waals surface area (Å²) in [5, 5.41) is 10.8. The number of hydrogen-bond donors (Lipinski definition) is 2. The number of fused-ring (bicyclic) bond motifs is 1. The Hall–Kier alpha value is -3.67. The Balaban J connectivity index is 1.91. The van der Waals surface area contributed by atoms with Gasteiger partial charge >= 0.3 is 5.69 Å². The molecule has 0 amide bonds. The van der Waals surface area contributed by atoms with E-state index in [2.05, 4.69) is 9.98 Å². The van der Waals surface area contributed by atoms with Crippen molar-refractivity contribution in [3.05, 3.63) is 85.6 Å². The molecule has 0 saturated carbocycles. The van der Waals surface area contributed by atoms with E-state index in [1.54, 1.807) is 18.2 Å². The minimum absolute atomic E-state index is 0.0167. The number of aromatic hydroxyl groups is 1. The largest absolute Gasteiger partial charge is 0.494 e. The zero-order chi connectivity index (χ0) is 20.7. The van der Waals surface area contributed by atoms with Gasteiger partial charge in [0.25, 0.3) is 5.56 Å². The normalized spacial score (nSPS) is 14.2. The molecule has 0 fully saturated rings. The van der Waals surface area contributed by atoms with E-state index in [0.29, 0.717) is 5.69 Å². The molecule has 0 radical (unpaired) electrons. The molecule has 0 aliphatic carbocycles. The van der Waals surface area contributed by atoms with Gasteiger partial charge in [-0.3, -0.25) is 14.8 Å². The van der Waals surface area contributed by atoms with Crippen molar-refractivity contribution in [1.82, 2.24) is 9.55 Å². The second kappa shape index (κ2) is 7.05. The van der Waals surface area contributed by atoms with Crippen LogP contribution in [0.1, 0.15) is 36.1 Å². The first-order valence-corrected chi connectivity index (χ1v) is 9.45. The highest BCUT2D eigenvalue weighted by atomic mass is 16.3. The van der Waals surface area contributed by atoms with Gasteiger partial charge in [-0.1, -0.05) is 30.7 Å². The number of nitrogens with one attached hydrogen (secondary N) is 1. The van der Waals surface area contributed by atoms with E-state index in [4.69, 9.17) is 0 Å². The van der Waals surface area contributed by atoms with Gasteiger partial charge in [0.1, 0.15) is 5.56 Å². The molecule has 0 bridgehead atoms. The van der Waals surface area contributed by atoms with E-state index in [0.717, 1.165) is 44.7 Å². The number of aryl methyl sites for hydroxylation is 2. The average molecular weight is 387 g/mol. The Labute approximate surface area is 167 Å². The molecule has 2 N–H and O–H groups in total. The lowest BCUT2D eigenvalue weighted by Gasteiger charge is -2.11. The van der Waals surface area contributed by atoms with Crippen LogP contribution in [-0.2, 0) is 6.42 Å². The number of nitrogens with zero attached hydrogens (tertiary/aromatic N) is 2. The van der Waals surface area contributed by atoms with E-state index in [1.165, 1.54) is 0 Å². The Morgan fingerprint density at radius 3 is 2.52 bits per heavy atom. The molecule has 0 spiro atoms. The van der Waals surface area contributed by atoms with Gasteiger partial charge in [0.2, 0.25) is 5.88 Å². The van der Waals surface area contributed by atoms with Crippen molar-refractivity contribution in [2.45, 2.75) is 27.2 Å². The molecule has 0 saturated heterocycles. The first-order chi connectivity index (χ1) is 13.9. The molecule has 0 unspecified atom stereocenters. The topological polar surface area (TPSA) is 87.4 Å². The summed E-state index contributed by atoms with van der Waals surface area (Å²) < 4.78 is 1.10. The molecule has 1 aliphatic rings. The van der Waals surface area contributed by atoms with Gasteiger partial charge in [0, 0.05) is 16.8 Å². The van der Waals surface area contributed by atoms with Gasteiger partial charge < -0.3 is 5.11 Å². The summed E-state index contributed by atoms with van der Waals surface area (Å²) in [4.78, 5) is 31.8. The van der Waals surface area contributed by atoms with E-state index >= 15 is 0 Å². The van der Waals surface area contributed by atoms with Crippen LogP contribution in [0.3, 0.4) is 0 Å². The zero-order valence-corrected chi connectivity index (χ0v) is 16.5. The summed E-state index contributed by atoms with van der Waals surface area (Å²) in [7, 11) is 0. The van der Waals surface area contributed by atoms with Crippen LogP contribution in [0.5, 0.6) is 5.88 Å². The fourth-order valence-electron chi connectivity index (χ4n) is 3.51. The van der Waals surface area contributed by atoms with Crippen molar-refractivity contribution in [3.63, 3.8) is 0 Å². The van der Waals surface area contributed by atoms with E-state index in [-0.39, 0.29) is 5.56 Å². The quantitative estimate of drug-likeness (QED) is 0.717. The lowest BCUT2D eigenvalue weighted by atomic mass is 9.99. The molecule has 3 aromatic rings. The molecule has 1 aromatic heterocycles. The van der Waals surface area contributed by atoms with Crippen LogP contribution in [0, 0.1) is 6.92 Å². The summed E-state index contributed by atoms with van der Waals surface area (Å²) in [5.41, 5.74) is 4.55. The van der Waals surface area contributed by atoms with E-state index in [9.17, 15) is 14.7 Å². The van der Waals surface area contributed by atoms with Gasteiger partial charge in [-0.05, 0) is 56.2 Å². The highest BCUT2D eigenvalue weighted by Gasteiger charge is 2.21. The van der Waals surface area contributed by atoms with Gasteiger partial charge in [-0.25, -0.2) is 9.36 Å². The predicted octanol–water partition coefficient (Wildman–Crippen LogP) is 3.75. The molecule has 1 aliphatic heterocycles. The van der Waals surface area contributed by atoms with Crippen LogP contribution in [0.2, 0.25) is 0 Å². The number of aromatic amines is 1. The molecular formula is C23H21N3O3. The average Bonchev–Trinajstić information content (AvgIpc) is 3.00. The molecule has 6 nitrogen and oxygen atoms in total. The highest BCUT2D eigenvalue weighted by Crippen LogP contribution is 2.37. The molecule has 6 heteroatoms. The van der Waals surface area contributed by atoms with Crippen molar-refractivity contribution < 1.29 is 5.11 Å². The number of H-pyrrole nitrogens is 1. The Morgan fingerprint density at radius 1 is 1.10 bits per heavy atom. The first-order valence-electron chi connectivity index (χ1n) is 9.45. The Kier molecular flexibility index (Phi) is 4.54. The van der Waals surface area contributed by atoms with E-state index < -0.39 is 17.1 Å². The van der Waals surface area contributed by atoms with Gasteiger partial charge in [0.15, 0.2) is 0 Å². The minimum Gasteiger partial charge on any atom is -0.494 e. The summed E-state index contributed by atoms with van der Waals surface area (Å²) in [6.07, 6.45) is 2.45. The summed E-state index contributed by atoms with van der Waals surface area (Å²) in [6, 6.07) is 13.2. The van der Waals surface area contributed by atoms with Gasteiger partial charge in [-0.15, -0.1) is 0 Å². The molecule has 0 atom stereocenters. The fraction of sp³-hybridized carbons (Fsp3) is 0.174. The van der Waals surface area contributed by atoms with Crippen LogP contribution in [0.4, 0.5) is 5.69 Å². The van der Waals surface area contributed by atoms with Crippen molar-refractivity contribution >= 4 is 23.0 Å². The predicted molar refractivity (Wildman–Crippen MR) is 116 cm³/mol. The summed E-state index contributed by atoms with van der Waals surface area (Å²) in [6.45, 7) is 5.87. The third-order valence-corrected chi connectivity index (χ3v) is 5.13. The highest BCUT2D eigenvalue weighted by molar-refractivity contribution is 6.31.